The average molecular weight is 289 g/mol. The van der Waals surface area contributed by atoms with Crippen molar-refractivity contribution in [2.75, 3.05) is 13.7 Å². The molecule has 2 aliphatic rings. The maximum absolute atomic E-state index is 12.4. The maximum Gasteiger partial charge on any atom is 0.227 e. The molecule has 0 radical (unpaired) electrons. The molecule has 3 rings (SSSR count). The quantitative estimate of drug-likeness (QED) is 0.930. The van der Waals surface area contributed by atoms with E-state index in [1.165, 1.54) is 19.3 Å². The lowest BCUT2D eigenvalue weighted by atomic mass is 9.92. The van der Waals surface area contributed by atoms with Crippen LogP contribution in [0.15, 0.2) is 18.2 Å². The van der Waals surface area contributed by atoms with Crippen molar-refractivity contribution in [2.24, 2.45) is 5.92 Å². The van der Waals surface area contributed by atoms with Crippen LogP contribution in [0.1, 0.15) is 37.7 Å². The molecule has 1 saturated carbocycles. The summed E-state index contributed by atoms with van der Waals surface area (Å²) in [6.45, 7) is 0.470. The minimum absolute atomic E-state index is 0.0912. The number of rotatable bonds is 3. The van der Waals surface area contributed by atoms with Gasteiger partial charge in [0.15, 0.2) is 0 Å². The SMILES string of the molecule is COc1ccc2c(c1)C[C@H](C(=O)NC1CCCCC1)CO2. The summed E-state index contributed by atoms with van der Waals surface area (Å²) in [6.07, 6.45) is 6.71. The second-order valence-corrected chi connectivity index (χ2v) is 6.03. The lowest BCUT2D eigenvalue weighted by Gasteiger charge is -2.28. The Labute approximate surface area is 125 Å². The molecule has 1 aromatic rings. The second kappa shape index (κ2) is 6.37. The fraction of sp³-hybridized carbons (Fsp3) is 0.588. The monoisotopic (exact) mass is 289 g/mol. The second-order valence-electron chi connectivity index (χ2n) is 6.03. The molecule has 1 N–H and O–H groups in total. The summed E-state index contributed by atoms with van der Waals surface area (Å²) in [5, 5.41) is 3.20. The molecule has 1 fully saturated rings. The van der Waals surface area contributed by atoms with Gasteiger partial charge in [-0.25, -0.2) is 0 Å². The molecule has 0 bridgehead atoms. The lowest BCUT2D eigenvalue weighted by molar-refractivity contribution is -0.127. The third kappa shape index (κ3) is 3.31. The van der Waals surface area contributed by atoms with E-state index in [-0.39, 0.29) is 11.8 Å². The van der Waals surface area contributed by atoms with Crippen LogP contribution >= 0.6 is 0 Å². The molecule has 0 spiro atoms. The van der Waals surface area contributed by atoms with Gasteiger partial charge < -0.3 is 14.8 Å². The number of benzene rings is 1. The number of nitrogens with one attached hydrogen (secondary N) is 1. The minimum Gasteiger partial charge on any atom is -0.497 e. The first kappa shape index (κ1) is 14.2. The normalized spacial score (nSPS) is 22.0. The van der Waals surface area contributed by atoms with Crippen LogP contribution in [0.2, 0.25) is 0 Å². The van der Waals surface area contributed by atoms with Crippen LogP contribution in [0.5, 0.6) is 11.5 Å². The van der Waals surface area contributed by atoms with Gasteiger partial charge in [0.05, 0.1) is 13.0 Å². The highest BCUT2D eigenvalue weighted by Gasteiger charge is 2.28. The van der Waals surface area contributed by atoms with E-state index in [2.05, 4.69) is 5.32 Å². The molecule has 1 heterocycles. The summed E-state index contributed by atoms with van der Waals surface area (Å²) in [5.41, 5.74) is 1.06. The van der Waals surface area contributed by atoms with Gasteiger partial charge in [0.25, 0.3) is 0 Å². The van der Waals surface area contributed by atoms with E-state index in [9.17, 15) is 4.79 Å². The van der Waals surface area contributed by atoms with Crippen LogP contribution in [0.4, 0.5) is 0 Å². The molecule has 4 nitrogen and oxygen atoms in total. The van der Waals surface area contributed by atoms with Crippen molar-refractivity contribution in [1.29, 1.82) is 0 Å². The van der Waals surface area contributed by atoms with E-state index in [1.807, 2.05) is 18.2 Å². The molecule has 1 aliphatic heterocycles. The molecule has 0 saturated heterocycles. The highest BCUT2D eigenvalue weighted by atomic mass is 16.5. The molecular weight excluding hydrogens is 266 g/mol. The first-order valence-corrected chi connectivity index (χ1v) is 7.86. The molecular formula is C17H23NO3. The van der Waals surface area contributed by atoms with Gasteiger partial charge in [-0.15, -0.1) is 0 Å². The Morgan fingerprint density at radius 3 is 2.86 bits per heavy atom. The van der Waals surface area contributed by atoms with E-state index in [1.54, 1.807) is 7.11 Å². The topological polar surface area (TPSA) is 47.6 Å². The van der Waals surface area contributed by atoms with Crippen molar-refractivity contribution in [3.63, 3.8) is 0 Å². The number of fused-ring (bicyclic) bond motifs is 1. The third-order valence-electron chi connectivity index (χ3n) is 4.50. The van der Waals surface area contributed by atoms with Gasteiger partial charge in [0.1, 0.15) is 18.1 Å². The van der Waals surface area contributed by atoms with Crippen LogP contribution in [0, 0.1) is 5.92 Å². The van der Waals surface area contributed by atoms with Gasteiger partial charge in [-0.1, -0.05) is 19.3 Å². The van der Waals surface area contributed by atoms with Crippen LogP contribution in [-0.2, 0) is 11.2 Å². The zero-order valence-corrected chi connectivity index (χ0v) is 12.6. The van der Waals surface area contributed by atoms with Crippen LogP contribution in [0.3, 0.4) is 0 Å². The molecule has 4 heteroatoms. The van der Waals surface area contributed by atoms with Gasteiger partial charge in [0, 0.05) is 6.04 Å². The van der Waals surface area contributed by atoms with Gasteiger partial charge in [-0.05, 0) is 43.0 Å². The van der Waals surface area contributed by atoms with E-state index in [0.717, 1.165) is 36.3 Å². The van der Waals surface area contributed by atoms with Crippen molar-refractivity contribution in [3.8, 4) is 11.5 Å². The van der Waals surface area contributed by atoms with Gasteiger partial charge in [-0.2, -0.15) is 0 Å². The molecule has 1 aliphatic carbocycles. The summed E-state index contributed by atoms with van der Waals surface area (Å²) in [6, 6.07) is 6.14. The fourth-order valence-corrected chi connectivity index (χ4v) is 3.23. The fourth-order valence-electron chi connectivity index (χ4n) is 3.23. The smallest absolute Gasteiger partial charge is 0.227 e. The first-order valence-electron chi connectivity index (χ1n) is 7.86. The predicted octanol–water partition coefficient (Wildman–Crippen LogP) is 2.70. The Hall–Kier alpha value is -1.71. The average Bonchev–Trinajstić information content (AvgIpc) is 2.54. The van der Waals surface area contributed by atoms with Gasteiger partial charge >= 0.3 is 0 Å². The standard InChI is InChI=1S/C17H23NO3/c1-20-15-7-8-16-12(10-15)9-13(11-21-16)17(19)18-14-5-3-2-4-6-14/h7-8,10,13-14H,2-6,9,11H2,1H3,(H,18,19)/t13-/m0/s1. The summed E-state index contributed by atoms with van der Waals surface area (Å²) in [5.74, 6) is 1.73. The first-order chi connectivity index (χ1) is 10.3. The number of ether oxygens (including phenoxy) is 2. The maximum atomic E-state index is 12.4. The summed E-state index contributed by atoms with van der Waals surface area (Å²) in [4.78, 5) is 12.4. The van der Waals surface area contributed by atoms with Crippen molar-refractivity contribution >= 4 is 5.91 Å². The molecule has 1 aromatic carbocycles. The van der Waals surface area contributed by atoms with E-state index in [0.29, 0.717) is 12.6 Å². The number of hydrogen-bond acceptors (Lipinski definition) is 3. The van der Waals surface area contributed by atoms with E-state index >= 15 is 0 Å². The third-order valence-corrected chi connectivity index (χ3v) is 4.50. The van der Waals surface area contributed by atoms with Crippen LogP contribution < -0.4 is 14.8 Å². The Kier molecular flexibility index (Phi) is 4.32. The summed E-state index contributed by atoms with van der Waals surface area (Å²) < 4.78 is 11.0. The van der Waals surface area contributed by atoms with Crippen molar-refractivity contribution in [2.45, 2.75) is 44.6 Å². The highest BCUT2D eigenvalue weighted by Crippen LogP contribution is 2.31. The van der Waals surface area contributed by atoms with Crippen molar-refractivity contribution in [3.05, 3.63) is 23.8 Å². The largest absolute Gasteiger partial charge is 0.497 e. The van der Waals surface area contributed by atoms with Crippen molar-refractivity contribution < 1.29 is 14.3 Å². The molecule has 1 amide bonds. The summed E-state index contributed by atoms with van der Waals surface area (Å²) >= 11 is 0. The molecule has 0 unspecified atom stereocenters. The highest BCUT2D eigenvalue weighted by molar-refractivity contribution is 5.80. The van der Waals surface area contributed by atoms with Gasteiger partial charge in [-0.3, -0.25) is 4.79 Å². The summed E-state index contributed by atoms with van der Waals surface area (Å²) in [7, 11) is 1.65. The Morgan fingerprint density at radius 2 is 2.10 bits per heavy atom. The predicted molar refractivity (Wildman–Crippen MR) is 80.7 cm³/mol. The molecule has 0 aromatic heterocycles. The Morgan fingerprint density at radius 1 is 1.29 bits per heavy atom. The zero-order valence-electron chi connectivity index (χ0n) is 12.6. The number of carbonyl (C=O) groups is 1. The Balaban J connectivity index is 1.63. The lowest BCUT2D eigenvalue weighted by Crippen LogP contribution is -2.43. The van der Waals surface area contributed by atoms with Crippen LogP contribution in [0.25, 0.3) is 0 Å². The number of methoxy groups -OCH3 is 1. The minimum atomic E-state index is -0.0912. The molecule has 1 atom stereocenters. The van der Waals surface area contributed by atoms with Crippen LogP contribution in [-0.4, -0.2) is 25.7 Å². The van der Waals surface area contributed by atoms with E-state index in [4.69, 9.17) is 9.47 Å². The van der Waals surface area contributed by atoms with Crippen molar-refractivity contribution in [1.82, 2.24) is 5.32 Å². The Bertz CT molecular complexity index is 509. The van der Waals surface area contributed by atoms with E-state index < -0.39 is 0 Å². The zero-order chi connectivity index (χ0) is 14.7. The number of hydrogen-bond donors (Lipinski definition) is 1. The number of carbonyl (C=O) groups excluding carboxylic acids is 1. The molecule has 21 heavy (non-hydrogen) atoms. The number of amides is 1. The molecule has 114 valence electrons. The van der Waals surface area contributed by atoms with Gasteiger partial charge in [0.2, 0.25) is 5.91 Å².